The summed E-state index contributed by atoms with van der Waals surface area (Å²) in [6, 6.07) is 128. The van der Waals surface area contributed by atoms with E-state index in [1.807, 2.05) is 36.4 Å². The number of benzene rings is 16. The number of hydrogen-bond donors (Lipinski definition) is 0. The summed E-state index contributed by atoms with van der Waals surface area (Å²) in [4.78, 5) is 10.9. The summed E-state index contributed by atoms with van der Waals surface area (Å²) >= 11 is 0. The molecule has 0 unspecified atom stereocenters. The Kier molecular flexibility index (Phi) is 13.0. The van der Waals surface area contributed by atoms with E-state index in [2.05, 4.69) is 335 Å². The molecule has 0 N–H and O–H groups in total. The van der Waals surface area contributed by atoms with Crippen LogP contribution in [0, 0.1) is 0 Å². The normalized spacial score (nSPS) is 12.1. The average Bonchev–Trinajstić information content (AvgIpc) is 1.59. The van der Waals surface area contributed by atoms with Crippen LogP contribution in [0.2, 0.25) is 0 Å². The molecule has 7 heterocycles. The maximum atomic E-state index is 6.35. The fraction of sp³-hybridized carbons (Fsp3) is 0. The van der Waals surface area contributed by atoms with Crippen molar-refractivity contribution in [2.45, 2.75) is 0 Å². The molecular weight excluding hydrogens is 1320 g/mol. The number of rotatable bonds is 10. The first kappa shape index (κ1) is 59.9. The van der Waals surface area contributed by atoms with Crippen molar-refractivity contribution in [3.63, 3.8) is 0 Å². The van der Waals surface area contributed by atoms with Gasteiger partial charge >= 0.3 is 0 Å². The zero-order valence-electron chi connectivity index (χ0n) is 58.0. The highest BCUT2D eigenvalue weighted by Crippen LogP contribution is 2.43. The lowest BCUT2D eigenvalue weighted by molar-refractivity contribution is 0.668. The largest absolute Gasteiger partial charge is 0.456 e. The molecule has 0 amide bonds. The van der Waals surface area contributed by atoms with Crippen molar-refractivity contribution in [3.05, 3.63) is 358 Å². The Hall–Kier alpha value is -14.6. The van der Waals surface area contributed by atoms with Crippen molar-refractivity contribution in [2.24, 2.45) is 0 Å². The smallest absolute Gasteiger partial charge is 0.160 e. The number of fused-ring (bicyclic) bond motifs is 18. The maximum Gasteiger partial charge on any atom is 0.160 e. The Labute approximate surface area is 617 Å². The summed E-state index contributed by atoms with van der Waals surface area (Å²) in [7, 11) is 0. The van der Waals surface area contributed by atoms with E-state index in [0.29, 0.717) is 5.82 Å². The van der Waals surface area contributed by atoms with Crippen LogP contribution in [0.3, 0.4) is 0 Å². The number of hydrogen-bond acceptors (Lipinski definition) is 5. The van der Waals surface area contributed by atoms with E-state index >= 15 is 0 Å². The summed E-state index contributed by atoms with van der Waals surface area (Å²) in [6.07, 6.45) is 0. The standard InChI is InChI=1S/C100H59N5O3/c1-7-19-88-74(13-1)83-53-65(68-35-47-80-77-16-4-10-22-94(77)106-97(80)56-68)38-50-91(83)103(88)71-41-29-61(30-42-71)60-25-27-64(28-26-60)100-101-86(62-31-43-72(44-32-62)104-89-20-8-2-14-75(89)84-54-66(39-51-92(84)104)69-36-48-81-78-17-5-11-23-95(78)107-98(81)57-69)59-87(102-100)63-33-45-73(46-34-63)105-90-21-9-3-15-76(90)85-55-67(40-52-93(85)105)70-37-49-82-79-18-6-12-24-96(79)108-99(82)58-70/h1-59H. The van der Waals surface area contributed by atoms with Crippen LogP contribution in [-0.2, 0) is 0 Å². The fourth-order valence-electron chi connectivity index (χ4n) is 17.1. The van der Waals surface area contributed by atoms with Gasteiger partial charge in [0.1, 0.15) is 33.5 Å². The second kappa shape index (κ2) is 23.5. The Bertz CT molecular complexity index is 7360. The third-order valence-electron chi connectivity index (χ3n) is 22.3. The molecule has 8 nitrogen and oxygen atoms in total. The minimum absolute atomic E-state index is 0.637. The van der Waals surface area contributed by atoms with E-state index < -0.39 is 0 Å². The summed E-state index contributed by atoms with van der Waals surface area (Å²) in [6.45, 7) is 0. The van der Waals surface area contributed by atoms with Gasteiger partial charge in [-0.3, -0.25) is 0 Å². The highest BCUT2D eigenvalue weighted by atomic mass is 16.3. The topological polar surface area (TPSA) is 80.0 Å². The lowest BCUT2D eigenvalue weighted by Crippen LogP contribution is -1.98. The van der Waals surface area contributed by atoms with Crippen molar-refractivity contribution < 1.29 is 13.3 Å². The van der Waals surface area contributed by atoms with Gasteiger partial charge in [0.05, 0.1) is 44.5 Å². The maximum absolute atomic E-state index is 6.35. The molecule has 0 atom stereocenters. The van der Waals surface area contributed by atoms with E-state index in [1.54, 1.807) is 0 Å². The number of furan rings is 3. The molecule has 23 rings (SSSR count). The Morgan fingerprint density at radius 3 is 0.769 bits per heavy atom. The monoisotopic (exact) mass is 1380 g/mol. The van der Waals surface area contributed by atoms with E-state index in [0.717, 1.165) is 189 Å². The molecule has 0 radical (unpaired) electrons. The molecule has 0 aliphatic heterocycles. The van der Waals surface area contributed by atoms with Crippen molar-refractivity contribution in [2.75, 3.05) is 0 Å². The highest BCUT2D eigenvalue weighted by molar-refractivity contribution is 6.15. The molecule has 0 bridgehead atoms. The SMILES string of the molecule is c1ccc2c(c1)oc1cc(-c3ccc4c(c3)c3ccccc3n4-c3ccc(-c4ccc(-c5nc(-c6ccc(-n7c8ccccc8c8cc(-c9ccc%10c(c9)oc9ccccc9%10)ccc87)cc6)cc(-c6ccc(-n7c8ccccc8c8cc(-c9ccc%10c(c9)oc9ccccc9%10)ccc87)cc6)n5)cc4)cc3)ccc12. The Balaban J connectivity index is 0.592. The third kappa shape index (κ3) is 9.43. The molecule has 7 aromatic heterocycles. The van der Waals surface area contributed by atoms with Crippen molar-refractivity contribution >= 4 is 131 Å². The predicted octanol–water partition coefficient (Wildman–Crippen LogP) is 27.1. The Morgan fingerprint density at radius 1 is 0.167 bits per heavy atom. The molecule has 0 saturated carbocycles. The summed E-state index contributed by atoms with van der Waals surface area (Å²) in [5, 5.41) is 13.9. The molecule has 8 heteroatoms. The fourth-order valence-corrected chi connectivity index (χ4v) is 17.1. The lowest BCUT2D eigenvalue weighted by atomic mass is 10.0. The van der Waals surface area contributed by atoms with Gasteiger partial charge in [-0.1, -0.05) is 206 Å². The molecule has 23 aromatic rings. The Morgan fingerprint density at radius 2 is 0.417 bits per heavy atom. The van der Waals surface area contributed by atoms with Crippen LogP contribution < -0.4 is 0 Å². The van der Waals surface area contributed by atoms with Gasteiger partial charge in [-0.2, -0.15) is 0 Å². The molecule has 16 aromatic carbocycles. The molecule has 502 valence electrons. The number of para-hydroxylation sites is 6. The first-order valence-corrected chi connectivity index (χ1v) is 36.6. The summed E-state index contributed by atoms with van der Waals surface area (Å²) in [5.41, 5.74) is 28.9. The van der Waals surface area contributed by atoms with Gasteiger partial charge in [-0.25, -0.2) is 9.97 Å². The summed E-state index contributed by atoms with van der Waals surface area (Å²) < 4.78 is 26.2. The van der Waals surface area contributed by atoms with E-state index in [1.165, 1.54) is 32.3 Å². The van der Waals surface area contributed by atoms with E-state index in [4.69, 9.17) is 23.2 Å². The summed E-state index contributed by atoms with van der Waals surface area (Å²) in [5.74, 6) is 0.637. The van der Waals surface area contributed by atoms with Crippen LogP contribution in [0.1, 0.15) is 0 Å². The second-order valence-electron chi connectivity index (χ2n) is 28.4. The van der Waals surface area contributed by atoms with Gasteiger partial charge in [0, 0.05) is 98.4 Å². The average molecular weight is 1380 g/mol. The van der Waals surface area contributed by atoms with Crippen LogP contribution in [0.25, 0.3) is 227 Å². The molecule has 0 saturated heterocycles. The van der Waals surface area contributed by atoms with Crippen LogP contribution in [-0.4, -0.2) is 23.7 Å². The molecular formula is C100H59N5O3. The first-order valence-electron chi connectivity index (χ1n) is 36.6. The highest BCUT2D eigenvalue weighted by Gasteiger charge is 2.21. The van der Waals surface area contributed by atoms with Gasteiger partial charge < -0.3 is 27.0 Å². The van der Waals surface area contributed by atoms with Gasteiger partial charge in [0.15, 0.2) is 5.82 Å². The van der Waals surface area contributed by atoms with Gasteiger partial charge in [0.25, 0.3) is 0 Å². The van der Waals surface area contributed by atoms with Crippen molar-refractivity contribution in [3.8, 4) is 95.5 Å². The van der Waals surface area contributed by atoms with Crippen molar-refractivity contribution in [1.82, 2.24) is 23.7 Å². The van der Waals surface area contributed by atoms with Crippen LogP contribution in [0.5, 0.6) is 0 Å². The van der Waals surface area contributed by atoms with Crippen LogP contribution in [0.4, 0.5) is 0 Å². The third-order valence-corrected chi connectivity index (χ3v) is 22.3. The van der Waals surface area contributed by atoms with E-state index in [-0.39, 0.29) is 0 Å². The van der Waals surface area contributed by atoms with E-state index in [9.17, 15) is 0 Å². The number of aromatic nitrogens is 5. The zero-order chi connectivity index (χ0) is 70.7. The van der Waals surface area contributed by atoms with Gasteiger partial charge in [0.2, 0.25) is 0 Å². The minimum Gasteiger partial charge on any atom is -0.456 e. The van der Waals surface area contributed by atoms with Crippen LogP contribution in [0.15, 0.2) is 371 Å². The van der Waals surface area contributed by atoms with Gasteiger partial charge in [-0.05, 0) is 196 Å². The quantitative estimate of drug-likeness (QED) is 0.136. The van der Waals surface area contributed by atoms with Crippen molar-refractivity contribution in [1.29, 1.82) is 0 Å². The zero-order valence-corrected chi connectivity index (χ0v) is 58.0. The molecule has 108 heavy (non-hydrogen) atoms. The van der Waals surface area contributed by atoms with Gasteiger partial charge in [-0.15, -0.1) is 0 Å². The molecule has 0 aliphatic carbocycles. The lowest BCUT2D eigenvalue weighted by Gasteiger charge is -2.13. The van der Waals surface area contributed by atoms with Crippen LogP contribution >= 0.6 is 0 Å². The first-order chi connectivity index (χ1) is 53.5. The minimum atomic E-state index is 0.637. The second-order valence-corrected chi connectivity index (χ2v) is 28.4. The molecule has 0 aliphatic rings. The molecule has 0 spiro atoms. The molecule has 0 fully saturated rings. The predicted molar refractivity (Wildman–Crippen MR) is 445 cm³/mol. The number of nitrogens with zero attached hydrogens (tertiary/aromatic N) is 5.